The molecule has 170 valence electrons. The molecular formula is C21H21FN2O7S. The van der Waals surface area contributed by atoms with Crippen molar-refractivity contribution in [2.45, 2.75) is 44.5 Å². The number of pyridine rings is 2. The summed E-state index contributed by atoms with van der Waals surface area (Å²) in [4.78, 5) is 42.7. The highest BCUT2D eigenvalue weighted by Gasteiger charge is 2.47. The van der Waals surface area contributed by atoms with Gasteiger partial charge in [-0.2, -0.15) is 4.39 Å². The van der Waals surface area contributed by atoms with Gasteiger partial charge in [0.15, 0.2) is 23.7 Å². The predicted molar refractivity (Wildman–Crippen MR) is 111 cm³/mol. The number of ether oxygens (including phenoxy) is 4. The van der Waals surface area contributed by atoms with Gasteiger partial charge in [-0.1, -0.05) is 0 Å². The monoisotopic (exact) mass is 464 g/mol. The molecule has 0 spiro atoms. The number of nitrogens with zero attached hydrogens (tertiary/aromatic N) is 2. The van der Waals surface area contributed by atoms with Gasteiger partial charge in [-0.3, -0.25) is 19.4 Å². The van der Waals surface area contributed by atoms with Crippen molar-refractivity contribution in [3.05, 3.63) is 42.6 Å². The maximum absolute atomic E-state index is 13.0. The molecule has 3 rings (SSSR count). The van der Waals surface area contributed by atoms with Crippen LogP contribution in [-0.2, 0) is 28.6 Å². The van der Waals surface area contributed by atoms with E-state index in [4.69, 9.17) is 18.9 Å². The fraction of sp³-hybridized carbons (Fsp3) is 0.381. The summed E-state index contributed by atoms with van der Waals surface area (Å²) >= 11 is 1.24. The van der Waals surface area contributed by atoms with E-state index in [0.717, 1.165) is 0 Å². The summed E-state index contributed by atoms with van der Waals surface area (Å²) < 4.78 is 35.0. The van der Waals surface area contributed by atoms with E-state index < -0.39 is 47.6 Å². The first kappa shape index (κ1) is 23.5. The quantitative estimate of drug-likeness (QED) is 0.359. The highest BCUT2D eigenvalue weighted by molar-refractivity contribution is 7.99. The van der Waals surface area contributed by atoms with Gasteiger partial charge in [0, 0.05) is 38.3 Å². The number of hydrogen-bond donors (Lipinski definition) is 0. The molecule has 1 aliphatic rings. The largest absolute Gasteiger partial charge is 0.474 e. The first-order valence-electron chi connectivity index (χ1n) is 9.61. The number of esters is 3. The predicted octanol–water partition coefficient (Wildman–Crippen LogP) is 2.53. The lowest BCUT2D eigenvalue weighted by molar-refractivity contribution is -0.186. The SMILES string of the molecule is CC(=O)O[C@H]1[C@H](OC(C)=O)CSC(Oc2ccc(-c3ccc(F)nc3)nc2)[C@@H]1OC(C)=O. The molecule has 1 aliphatic heterocycles. The second-order valence-corrected chi connectivity index (χ2v) is 8.00. The molecule has 1 fully saturated rings. The Hall–Kier alpha value is -3.21. The molecule has 0 aliphatic carbocycles. The number of rotatable bonds is 6. The van der Waals surface area contributed by atoms with Crippen LogP contribution in [0.15, 0.2) is 36.7 Å². The van der Waals surface area contributed by atoms with E-state index >= 15 is 0 Å². The summed E-state index contributed by atoms with van der Waals surface area (Å²) in [6.45, 7) is 3.66. The van der Waals surface area contributed by atoms with Crippen molar-refractivity contribution in [2.75, 3.05) is 5.75 Å². The van der Waals surface area contributed by atoms with Gasteiger partial charge in [0.05, 0.1) is 11.9 Å². The molecule has 0 radical (unpaired) electrons. The lowest BCUT2D eigenvalue weighted by Gasteiger charge is -2.39. The zero-order valence-electron chi connectivity index (χ0n) is 17.5. The minimum Gasteiger partial charge on any atom is -0.474 e. The molecule has 0 aromatic carbocycles. The fourth-order valence-electron chi connectivity index (χ4n) is 3.09. The van der Waals surface area contributed by atoms with E-state index in [-0.39, 0.29) is 5.75 Å². The van der Waals surface area contributed by atoms with Crippen LogP contribution in [0.5, 0.6) is 5.75 Å². The highest BCUT2D eigenvalue weighted by Crippen LogP contribution is 2.34. The van der Waals surface area contributed by atoms with Crippen molar-refractivity contribution >= 4 is 29.7 Å². The maximum atomic E-state index is 13.0. The number of halogens is 1. The minimum atomic E-state index is -1.04. The zero-order chi connectivity index (χ0) is 23.3. The summed E-state index contributed by atoms with van der Waals surface area (Å²) in [7, 11) is 0. The van der Waals surface area contributed by atoms with Gasteiger partial charge < -0.3 is 18.9 Å². The van der Waals surface area contributed by atoms with Crippen LogP contribution in [0.1, 0.15) is 20.8 Å². The van der Waals surface area contributed by atoms with Gasteiger partial charge in [-0.15, -0.1) is 11.8 Å². The van der Waals surface area contributed by atoms with E-state index in [1.165, 1.54) is 51.0 Å². The molecule has 2 aromatic rings. The smallest absolute Gasteiger partial charge is 0.303 e. The van der Waals surface area contributed by atoms with Gasteiger partial charge in [-0.25, -0.2) is 4.98 Å². The molecule has 1 saturated heterocycles. The molecule has 0 N–H and O–H groups in total. The third-order valence-corrected chi connectivity index (χ3v) is 5.53. The summed E-state index contributed by atoms with van der Waals surface area (Å²) in [6, 6.07) is 6.11. The first-order valence-corrected chi connectivity index (χ1v) is 10.7. The van der Waals surface area contributed by atoms with E-state index in [0.29, 0.717) is 17.0 Å². The van der Waals surface area contributed by atoms with E-state index in [2.05, 4.69) is 9.97 Å². The van der Waals surface area contributed by atoms with Crippen molar-refractivity contribution in [1.82, 2.24) is 9.97 Å². The average molecular weight is 464 g/mol. The van der Waals surface area contributed by atoms with Gasteiger partial charge in [-0.05, 0) is 24.3 Å². The summed E-state index contributed by atoms with van der Waals surface area (Å²) in [5.74, 6) is -1.74. The third-order valence-electron chi connectivity index (χ3n) is 4.32. The molecule has 0 amide bonds. The minimum absolute atomic E-state index is 0.257. The maximum Gasteiger partial charge on any atom is 0.303 e. The van der Waals surface area contributed by atoms with Crippen molar-refractivity contribution in [3.8, 4) is 17.0 Å². The molecular weight excluding hydrogens is 443 g/mol. The molecule has 1 unspecified atom stereocenters. The van der Waals surface area contributed by atoms with Crippen LogP contribution in [0.25, 0.3) is 11.3 Å². The van der Waals surface area contributed by atoms with Crippen LogP contribution >= 0.6 is 11.8 Å². The number of hydrogen-bond acceptors (Lipinski definition) is 10. The molecule has 9 nitrogen and oxygen atoms in total. The molecule has 11 heteroatoms. The topological polar surface area (TPSA) is 114 Å². The number of carbonyl (C=O) groups excluding carboxylic acids is 3. The third kappa shape index (κ3) is 6.16. The summed E-state index contributed by atoms with van der Waals surface area (Å²) in [6.07, 6.45) is -0.0463. The summed E-state index contributed by atoms with van der Waals surface area (Å²) in [5.41, 5.74) is 0.433. The highest BCUT2D eigenvalue weighted by atomic mass is 32.2. The normalized spacial score (nSPS) is 22.5. The van der Waals surface area contributed by atoms with Gasteiger partial charge in [0.25, 0.3) is 0 Å². The Kier molecular flexibility index (Phi) is 7.62. The van der Waals surface area contributed by atoms with Crippen LogP contribution in [0.4, 0.5) is 4.39 Å². The number of carbonyl (C=O) groups is 3. The standard InChI is InChI=1S/C21H21FN2O7S/c1-11(25)28-17-10-32-21(20(30-13(3)27)19(17)29-12(2)26)31-15-5-6-16(23-9-15)14-4-7-18(22)24-8-14/h4-9,17,19-21H,10H2,1-3H3/t17-,19+,20-,21?/m1/s1. The van der Waals surface area contributed by atoms with Crippen LogP contribution in [0.2, 0.25) is 0 Å². The van der Waals surface area contributed by atoms with Gasteiger partial charge in [0.2, 0.25) is 5.95 Å². The Morgan fingerprint density at radius 2 is 1.59 bits per heavy atom. The average Bonchev–Trinajstić information content (AvgIpc) is 2.72. The molecule has 0 bridgehead atoms. The Morgan fingerprint density at radius 3 is 2.16 bits per heavy atom. The lowest BCUT2D eigenvalue weighted by Crippen LogP contribution is -2.55. The van der Waals surface area contributed by atoms with E-state index in [1.54, 1.807) is 18.2 Å². The molecule has 2 aromatic heterocycles. The fourth-order valence-corrected chi connectivity index (χ4v) is 4.31. The molecule has 4 atom stereocenters. The van der Waals surface area contributed by atoms with E-state index in [9.17, 15) is 18.8 Å². The Bertz CT molecular complexity index is 971. The first-order chi connectivity index (χ1) is 15.2. The van der Waals surface area contributed by atoms with Crippen molar-refractivity contribution in [1.29, 1.82) is 0 Å². The van der Waals surface area contributed by atoms with Crippen molar-refractivity contribution in [3.63, 3.8) is 0 Å². The van der Waals surface area contributed by atoms with Crippen LogP contribution in [0, 0.1) is 5.95 Å². The molecule has 32 heavy (non-hydrogen) atoms. The second-order valence-electron chi connectivity index (χ2n) is 6.86. The van der Waals surface area contributed by atoms with Crippen molar-refractivity contribution in [2.24, 2.45) is 0 Å². The van der Waals surface area contributed by atoms with Crippen LogP contribution in [-0.4, -0.2) is 57.4 Å². The van der Waals surface area contributed by atoms with E-state index in [1.807, 2.05) is 0 Å². The number of aromatic nitrogens is 2. The Labute approximate surface area is 187 Å². The second kappa shape index (κ2) is 10.4. The number of thioether (sulfide) groups is 1. The Balaban J connectivity index is 1.80. The summed E-state index contributed by atoms with van der Waals surface area (Å²) in [5, 5.41) is 0. The van der Waals surface area contributed by atoms with Crippen molar-refractivity contribution < 1.29 is 37.7 Å². The lowest BCUT2D eigenvalue weighted by atomic mass is 10.1. The van der Waals surface area contributed by atoms with Gasteiger partial charge >= 0.3 is 17.9 Å². The van der Waals surface area contributed by atoms with Crippen LogP contribution < -0.4 is 4.74 Å². The Morgan fingerprint density at radius 1 is 0.906 bits per heavy atom. The molecule has 3 heterocycles. The molecule has 0 saturated carbocycles. The van der Waals surface area contributed by atoms with Gasteiger partial charge in [0.1, 0.15) is 5.75 Å². The van der Waals surface area contributed by atoms with Crippen LogP contribution in [0.3, 0.4) is 0 Å². The zero-order valence-corrected chi connectivity index (χ0v) is 18.3.